The lowest BCUT2D eigenvalue weighted by molar-refractivity contribution is -0.141. The van der Waals surface area contributed by atoms with Gasteiger partial charge in [-0.15, -0.1) is 0 Å². The summed E-state index contributed by atoms with van der Waals surface area (Å²) in [4.78, 5) is 37.7. The van der Waals surface area contributed by atoms with Gasteiger partial charge in [-0.3, -0.25) is 9.59 Å². The van der Waals surface area contributed by atoms with Gasteiger partial charge in [-0.1, -0.05) is 13.8 Å². The fourth-order valence-corrected chi connectivity index (χ4v) is 3.73. The van der Waals surface area contributed by atoms with Crippen LogP contribution in [-0.4, -0.2) is 67.5 Å². The number of carbonyl (C=O) groups excluding carboxylic acids is 2. The largest absolute Gasteiger partial charge is 0.339 e. The predicted molar refractivity (Wildman–Crippen MR) is 110 cm³/mol. The van der Waals surface area contributed by atoms with Crippen LogP contribution in [0.15, 0.2) is 6.07 Å². The van der Waals surface area contributed by atoms with Crippen LogP contribution in [0.5, 0.6) is 0 Å². The highest BCUT2D eigenvalue weighted by Crippen LogP contribution is 2.18. The fraction of sp³-hybridized carbons (Fsp3) is 0.571. The van der Waals surface area contributed by atoms with Crippen molar-refractivity contribution in [3.05, 3.63) is 34.4 Å². The van der Waals surface area contributed by atoms with E-state index >= 15 is 0 Å². The van der Waals surface area contributed by atoms with Crippen molar-refractivity contribution in [3.63, 3.8) is 0 Å². The van der Waals surface area contributed by atoms with E-state index < -0.39 is 0 Å². The monoisotopic (exact) mass is 398 g/mol. The molecule has 2 aromatic rings. The molecule has 0 bridgehead atoms. The molecule has 1 saturated heterocycles. The average Bonchev–Trinajstić information content (AvgIpc) is 2.95. The van der Waals surface area contributed by atoms with Crippen molar-refractivity contribution in [1.29, 1.82) is 0 Å². The maximum absolute atomic E-state index is 12.9. The number of aryl methyl sites for hydroxylation is 3. The highest BCUT2D eigenvalue weighted by atomic mass is 16.2. The lowest BCUT2D eigenvalue weighted by atomic mass is 10.1. The van der Waals surface area contributed by atoms with E-state index in [0.29, 0.717) is 38.5 Å². The van der Waals surface area contributed by atoms with E-state index in [1.54, 1.807) is 4.68 Å². The minimum atomic E-state index is -0.0131. The van der Waals surface area contributed by atoms with Gasteiger partial charge in [0.15, 0.2) is 0 Å². The van der Waals surface area contributed by atoms with Crippen LogP contribution in [0.4, 0.5) is 0 Å². The van der Waals surface area contributed by atoms with Crippen molar-refractivity contribution < 1.29 is 9.59 Å². The molecular weight excluding hydrogens is 368 g/mol. The van der Waals surface area contributed by atoms with Crippen molar-refractivity contribution in [3.8, 4) is 5.95 Å². The van der Waals surface area contributed by atoms with E-state index in [0.717, 1.165) is 28.3 Å². The summed E-state index contributed by atoms with van der Waals surface area (Å²) in [7, 11) is 0. The van der Waals surface area contributed by atoms with Gasteiger partial charge in [0.2, 0.25) is 11.8 Å². The van der Waals surface area contributed by atoms with Crippen LogP contribution < -0.4 is 0 Å². The zero-order chi connectivity index (χ0) is 21.3. The molecule has 8 heteroatoms. The second-order valence-electron chi connectivity index (χ2n) is 8.05. The first-order valence-corrected chi connectivity index (χ1v) is 10.1. The van der Waals surface area contributed by atoms with Crippen LogP contribution in [-0.2, 0) is 16.0 Å². The third-order valence-corrected chi connectivity index (χ3v) is 5.37. The van der Waals surface area contributed by atoms with Crippen molar-refractivity contribution in [2.75, 3.05) is 26.2 Å². The number of piperazine rings is 1. The molecule has 3 heterocycles. The topological polar surface area (TPSA) is 84.2 Å². The molecule has 0 spiro atoms. The molecule has 0 unspecified atom stereocenters. The maximum Gasteiger partial charge on any atom is 0.251 e. The van der Waals surface area contributed by atoms with E-state index in [1.165, 1.54) is 0 Å². The second-order valence-corrected chi connectivity index (χ2v) is 8.05. The molecular formula is C21H30N6O2. The lowest BCUT2D eigenvalue weighted by Gasteiger charge is -2.35. The highest BCUT2D eigenvalue weighted by molar-refractivity contribution is 5.81. The first kappa shape index (κ1) is 21.0. The molecule has 1 aliphatic heterocycles. The highest BCUT2D eigenvalue weighted by Gasteiger charge is 2.27. The Morgan fingerprint density at radius 3 is 2.07 bits per heavy atom. The fourth-order valence-electron chi connectivity index (χ4n) is 3.73. The minimum Gasteiger partial charge on any atom is -0.339 e. The van der Waals surface area contributed by atoms with E-state index in [4.69, 9.17) is 0 Å². The lowest BCUT2D eigenvalue weighted by Crippen LogP contribution is -2.51. The molecule has 0 aromatic carbocycles. The standard InChI is InChI=1S/C21H30N6O2/c1-13(2)20(29)26-9-7-25(8-10-26)19(28)12-18-16(5)24-27(17(18)6)21-22-14(3)11-15(4)23-21/h11,13H,7-10,12H2,1-6H3. The molecule has 29 heavy (non-hydrogen) atoms. The molecule has 3 rings (SSSR count). The van der Waals surface area contributed by atoms with E-state index in [-0.39, 0.29) is 17.7 Å². The second kappa shape index (κ2) is 8.31. The van der Waals surface area contributed by atoms with Gasteiger partial charge in [-0.05, 0) is 33.8 Å². The quantitative estimate of drug-likeness (QED) is 0.784. The Bertz CT molecular complexity index is 905. The molecule has 0 aliphatic carbocycles. The summed E-state index contributed by atoms with van der Waals surface area (Å²) in [6.07, 6.45) is 0.292. The van der Waals surface area contributed by atoms with Crippen LogP contribution >= 0.6 is 0 Å². The number of aromatic nitrogens is 4. The van der Waals surface area contributed by atoms with Crippen LogP contribution in [0, 0.1) is 33.6 Å². The molecule has 0 saturated carbocycles. The number of hydrogen-bond donors (Lipinski definition) is 0. The Hall–Kier alpha value is -2.77. The number of hydrogen-bond acceptors (Lipinski definition) is 5. The zero-order valence-electron chi connectivity index (χ0n) is 18.2. The summed E-state index contributed by atoms with van der Waals surface area (Å²) in [5.74, 6) is 0.732. The molecule has 1 aliphatic rings. The van der Waals surface area contributed by atoms with Gasteiger partial charge in [-0.25, -0.2) is 14.6 Å². The third kappa shape index (κ3) is 4.46. The Labute approximate surface area is 171 Å². The normalized spacial score (nSPS) is 14.6. The smallest absolute Gasteiger partial charge is 0.251 e. The van der Waals surface area contributed by atoms with Gasteiger partial charge >= 0.3 is 0 Å². The summed E-state index contributed by atoms with van der Waals surface area (Å²) in [5, 5.41) is 4.58. The van der Waals surface area contributed by atoms with Crippen molar-refractivity contribution in [2.45, 2.75) is 48.0 Å². The summed E-state index contributed by atoms with van der Waals surface area (Å²) >= 11 is 0. The molecule has 0 radical (unpaired) electrons. The number of amides is 2. The maximum atomic E-state index is 12.9. The number of rotatable bonds is 4. The Kier molecular flexibility index (Phi) is 6.00. The average molecular weight is 399 g/mol. The van der Waals surface area contributed by atoms with Crippen molar-refractivity contribution >= 4 is 11.8 Å². The predicted octanol–water partition coefficient (Wildman–Crippen LogP) is 1.77. The molecule has 156 valence electrons. The molecule has 0 atom stereocenters. The van der Waals surface area contributed by atoms with Crippen LogP contribution in [0.1, 0.15) is 42.2 Å². The van der Waals surface area contributed by atoms with Gasteiger partial charge in [0.05, 0.1) is 12.1 Å². The van der Waals surface area contributed by atoms with E-state index in [1.807, 2.05) is 57.4 Å². The molecule has 1 fully saturated rings. The summed E-state index contributed by atoms with van der Waals surface area (Å²) in [6, 6.07) is 1.92. The Morgan fingerprint density at radius 1 is 0.966 bits per heavy atom. The van der Waals surface area contributed by atoms with Crippen LogP contribution in [0.25, 0.3) is 5.95 Å². The molecule has 0 N–H and O–H groups in total. The van der Waals surface area contributed by atoms with E-state index in [2.05, 4.69) is 15.1 Å². The van der Waals surface area contributed by atoms with Crippen LogP contribution in [0.2, 0.25) is 0 Å². The Balaban J connectivity index is 1.72. The summed E-state index contributed by atoms with van der Waals surface area (Å²) < 4.78 is 1.72. The van der Waals surface area contributed by atoms with Gasteiger partial charge < -0.3 is 9.80 Å². The molecule has 8 nitrogen and oxygen atoms in total. The number of carbonyl (C=O) groups is 2. The number of nitrogens with zero attached hydrogens (tertiary/aromatic N) is 6. The Morgan fingerprint density at radius 2 is 1.52 bits per heavy atom. The van der Waals surface area contributed by atoms with Crippen molar-refractivity contribution in [2.24, 2.45) is 5.92 Å². The first-order chi connectivity index (χ1) is 13.7. The van der Waals surface area contributed by atoms with Gasteiger partial charge in [0, 0.05) is 54.7 Å². The van der Waals surface area contributed by atoms with Crippen molar-refractivity contribution in [1.82, 2.24) is 29.5 Å². The van der Waals surface area contributed by atoms with Gasteiger partial charge in [-0.2, -0.15) is 5.10 Å². The van der Waals surface area contributed by atoms with E-state index in [9.17, 15) is 9.59 Å². The minimum absolute atomic E-state index is 0.0131. The molecule has 2 aromatic heterocycles. The molecule has 2 amide bonds. The summed E-state index contributed by atoms with van der Waals surface area (Å²) in [6.45, 7) is 13.9. The first-order valence-electron chi connectivity index (χ1n) is 10.1. The zero-order valence-corrected chi connectivity index (χ0v) is 18.2. The van der Waals surface area contributed by atoms with Gasteiger partial charge in [0.1, 0.15) is 0 Å². The third-order valence-electron chi connectivity index (χ3n) is 5.37. The summed E-state index contributed by atoms with van der Waals surface area (Å²) in [5.41, 5.74) is 4.37. The van der Waals surface area contributed by atoms with Crippen LogP contribution in [0.3, 0.4) is 0 Å². The SMILES string of the molecule is Cc1cc(C)nc(-n2nc(C)c(CC(=O)N3CCN(C(=O)C(C)C)CC3)c2C)n1. The van der Waals surface area contributed by atoms with Gasteiger partial charge in [0.25, 0.3) is 5.95 Å².